The molecule has 0 aliphatic carbocycles. The van der Waals surface area contributed by atoms with Crippen LogP contribution in [0.3, 0.4) is 0 Å². The van der Waals surface area contributed by atoms with E-state index in [1.165, 1.54) is 4.90 Å². The van der Waals surface area contributed by atoms with Gasteiger partial charge in [-0.05, 0) is 57.4 Å². The molecule has 2 aromatic rings. The molecule has 0 saturated heterocycles. The fraction of sp³-hybridized carbons (Fsp3) is 0.417. The average molecular weight is 431 g/mol. The number of carbonyl (C=O) groups is 2. The van der Waals surface area contributed by atoms with Crippen LogP contribution in [-0.4, -0.2) is 35.4 Å². The minimum atomic E-state index is -0.662. The Morgan fingerprint density at radius 1 is 1.13 bits per heavy atom. The van der Waals surface area contributed by atoms with Crippen LogP contribution in [0.2, 0.25) is 5.02 Å². The number of carbonyl (C=O) groups excluding carboxylic acids is 2. The predicted molar refractivity (Wildman–Crippen MR) is 121 cm³/mol. The van der Waals surface area contributed by atoms with Gasteiger partial charge in [-0.2, -0.15) is 0 Å². The number of nitrogens with zero attached hydrogens (tertiary/aromatic N) is 1. The lowest BCUT2D eigenvalue weighted by Crippen LogP contribution is -2.50. The van der Waals surface area contributed by atoms with E-state index in [0.717, 1.165) is 23.1 Å². The summed E-state index contributed by atoms with van der Waals surface area (Å²) >= 11 is 6.30. The number of amides is 2. The van der Waals surface area contributed by atoms with Crippen molar-refractivity contribution in [1.82, 2.24) is 10.2 Å². The highest BCUT2D eigenvalue weighted by atomic mass is 35.5. The van der Waals surface area contributed by atoms with E-state index in [1.807, 2.05) is 64.1 Å². The summed E-state index contributed by atoms with van der Waals surface area (Å²) in [4.78, 5) is 27.3. The fourth-order valence-corrected chi connectivity index (χ4v) is 3.24. The van der Waals surface area contributed by atoms with E-state index >= 15 is 0 Å². The van der Waals surface area contributed by atoms with E-state index in [1.54, 1.807) is 13.0 Å². The van der Waals surface area contributed by atoms with Crippen molar-refractivity contribution in [3.05, 3.63) is 64.2 Å². The smallest absolute Gasteiger partial charge is 0.261 e. The summed E-state index contributed by atoms with van der Waals surface area (Å²) in [6.07, 6.45) is 0.812. The van der Waals surface area contributed by atoms with Crippen LogP contribution in [0.1, 0.15) is 43.9 Å². The van der Waals surface area contributed by atoms with Crippen LogP contribution in [0.4, 0.5) is 0 Å². The second-order valence-electron chi connectivity index (χ2n) is 7.66. The Morgan fingerprint density at radius 2 is 1.83 bits per heavy atom. The number of rotatable bonds is 9. The lowest BCUT2D eigenvalue weighted by Gasteiger charge is -2.30. The second-order valence-corrected chi connectivity index (χ2v) is 8.07. The van der Waals surface area contributed by atoms with Gasteiger partial charge in [-0.25, -0.2) is 0 Å². The maximum atomic E-state index is 13.1. The molecule has 5 nitrogen and oxygen atoms in total. The Kier molecular flexibility index (Phi) is 8.72. The van der Waals surface area contributed by atoms with Gasteiger partial charge in [0.05, 0.1) is 0 Å². The molecule has 2 amide bonds. The van der Waals surface area contributed by atoms with Crippen LogP contribution in [0, 0.1) is 13.8 Å². The zero-order valence-electron chi connectivity index (χ0n) is 18.4. The van der Waals surface area contributed by atoms with E-state index in [9.17, 15) is 9.59 Å². The van der Waals surface area contributed by atoms with Crippen LogP contribution in [-0.2, 0) is 16.1 Å². The topological polar surface area (TPSA) is 58.6 Å². The number of nitrogens with one attached hydrogen (secondary N) is 1. The van der Waals surface area contributed by atoms with Crippen LogP contribution in [0.15, 0.2) is 42.5 Å². The van der Waals surface area contributed by atoms with Gasteiger partial charge in [-0.15, -0.1) is 0 Å². The second kappa shape index (κ2) is 11.0. The van der Waals surface area contributed by atoms with Crippen molar-refractivity contribution < 1.29 is 14.3 Å². The van der Waals surface area contributed by atoms with E-state index in [2.05, 4.69) is 5.32 Å². The third-order valence-electron chi connectivity index (χ3n) is 5.15. The monoisotopic (exact) mass is 430 g/mol. The zero-order chi connectivity index (χ0) is 22.3. The molecule has 2 rings (SSSR count). The van der Waals surface area contributed by atoms with Crippen molar-refractivity contribution in [3.63, 3.8) is 0 Å². The van der Waals surface area contributed by atoms with E-state index in [0.29, 0.717) is 10.8 Å². The number of hydrogen-bond acceptors (Lipinski definition) is 3. The summed E-state index contributed by atoms with van der Waals surface area (Å²) in [6.45, 7) is 9.68. The normalized spacial score (nSPS) is 12.7. The third-order valence-corrected chi connectivity index (χ3v) is 5.52. The van der Waals surface area contributed by atoms with Crippen molar-refractivity contribution in [3.8, 4) is 5.75 Å². The van der Waals surface area contributed by atoms with E-state index in [-0.39, 0.29) is 31.0 Å². The van der Waals surface area contributed by atoms with E-state index in [4.69, 9.17) is 16.3 Å². The van der Waals surface area contributed by atoms with Gasteiger partial charge in [0.15, 0.2) is 6.61 Å². The highest BCUT2D eigenvalue weighted by molar-refractivity contribution is 6.31. The Labute approximate surface area is 184 Å². The summed E-state index contributed by atoms with van der Waals surface area (Å²) in [5.74, 6) is 0.182. The first kappa shape index (κ1) is 23.7. The lowest BCUT2D eigenvalue weighted by atomic mass is 10.1. The van der Waals surface area contributed by atoms with Gasteiger partial charge >= 0.3 is 0 Å². The van der Waals surface area contributed by atoms with Crippen molar-refractivity contribution in [2.45, 2.75) is 59.7 Å². The van der Waals surface area contributed by atoms with Crippen molar-refractivity contribution in [1.29, 1.82) is 0 Å². The molecular formula is C24H31ClN2O3. The molecule has 2 atom stereocenters. The summed E-state index contributed by atoms with van der Waals surface area (Å²) in [6, 6.07) is 12.5. The van der Waals surface area contributed by atoms with Crippen molar-refractivity contribution in [2.75, 3.05) is 6.61 Å². The number of hydrogen-bond donors (Lipinski definition) is 1. The summed E-state index contributed by atoms with van der Waals surface area (Å²) in [5, 5.41) is 3.50. The Balaban J connectivity index is 2.19. The molecule has 0 saturated carbocycles. The van der Waals surface area contributed by atoms with Gasteiger partial charge in [0, 0.05) is 17.6 Å². The number of aryl methyl sites for hydroxylation is 2. The predicted octanol–water partition coefficient (Wildman–Crippen LogP) is 4.67. The van der Waals surface area contributed by atoms with Crippen LogP contribution >= 0.6 is 11.6 Å². The molecule has 6 heteroatoms. The zero-order valence-corrected chi connectivity index (χ0v) is 19.1. The first-order chi connectivity index (χ1) is 14.2. The summed E-state index contributed by atoms with van der Waals surface area (Å²) in [7, 11) is 0. The number of benzene rings is 2. The van der Waals surface area contributed by atoms with Crippen molar-refractivity contribution in [2.24, 2.45) is 0 Å². The maximum Gasteiger partial charge on any atom is 0.261 e. The van der Waals surface area contributed by atoms with Gasteiger partial charge in [0.2, 0.25) is 5.91 Å². The Bertz CT molecular complexity index is 885. The van der Waals surface area contributed by atoms with Crippen LogP contribution in [0.5, 0.6) is 5.75 Å². The molecule has 0 heterocycles. The Morgan fingerprint density at radius 3 is 2.47 bits per heavy atom. The van der Waals surface area contributed by atoms with Gasteiger partial charge in [0.25, 0.3) is 5.91 Å². The molecule has 2 aromatic carbocycles. The molecule has 0 unspecified atom stereocenters. The average Bonchev–Trinajstić information content (AvgIpc) is 2.71. The Hall–Kier alpha value is -2.53. The SMILES string of the molecule is CC[C@H](C)NC(=O)[C@H](C)N(Cc1ccccc1Cl)C(=O)COc1ccc(C)cc1C. The molecule has 1 N–H and O–H groups in total. The first-order valence-corrected chi connectivity index (χ1v) is 10.6. The van der Waals surface area contributed by atoms with E-state index < -0.39 is 6.04 Å². The molecule has 0 radical (unpaired) electrons. The molecule has 0 spiro atoms. The fourth-order valence-electron chi connectivity index (χ4n) is 3.04. The quantitative estimate of drug-likeness (QED) is 0.629. The molecule has 0 bridgehead atoms. The highest BCUT2D eigenvalue weighted by Crippen LogP contribution is 2.21. The van der Waals surface area contributed by atoms with Crippen molar-refractivity contribution >= 4 is 23.4 Å². The van der Waals surface area contributed by atoms with Crippen LogP contribution < -0.4 is 10.1 Å². The first-order valence-electron chi connectivity index (χ1n) is 10.3. The lowest BCUT2D eigenvalue weighted by molar-refractivity contribution is -0.142. The van der Waals surface area contributed by atoms with Gasteiger partial charge in [-0.1, -0.05) is 54.4 Å². The molecule has 162 valence electrons. The van der Waals surface area contributed by atoms with Crippen LogP contribution in [0.25, 0.3) is 0 Å². The largest absolute Gasteiger partial charge is 0.483 e. The third kappa shape index (κ3) is 6.49. The molecule has 0 aromatic heterocycles. The summed E-state index contributed by atoms with van der Waals surface area (Å²) < 4.78 is 5.78. The molecule has 0 aliphatic heterocycles. The molecule has 0 fully saturated rings. The number of ether oxygens (including phenoxy) is 1. The molecule has 0 aliphatic rings. The highest BCUT2D eigenvalue weighted by Gasteiger charge is 2.27. The van der Waals surface area contributed by atoms with Gasteiger partial charge in [-0.3, -0.25) is 9.59 Å². The minimum Gasteiger partial charge on any atom is -0.483 e. The van der Waals surface area contributed by atoms with Gasteiger partial charge in [0.1, 0.15) is 11.8 Å². The molecular weight excluding hydrogens is 400 g/mol. The minimum absolute atomic E-state index is 0.0312. The molecule has 30 heavy (non-hydrogen) atoms. The number of halogens is 1. The maximum absolute atomic E-state index is 13.1. The van der Waals surface area contributed by atoms with Gasteiger partial charge < -0.3 is 15.0 Å². The standard InChI is InChI=1S/C24H31ClN2O3/c1-6-18(4)26-24(29)19(5)27(14-20-9-7-8-10-21(20)25)23(28)15-30-22-12-11-16(2)13-17(22)3/h7-13,18-19H,6,14-15H2,1-5H3,(H,26,29)/t18-,19-/m0/s1. The summed E-state index contributed by atoms with van der Waals surface area (Å²) in [5.41, 5.74) is 2.87.